The Kier molecular flexibility index (Phi) is 4.46. The van der Waals surface area contributed by atoms with Crippen molar-refractivity contribution in [1.29, 1.82) is 0 Å². The number of benzene rings is 2. The Labute approximate surface area is 133 Å². The van der Waals surface area contributed by atoms with Crippen LogP contribution < -0.4 is 5.32 Å². The Morgan fingerprint density at radius 1 is 1.35 bits per heavy atom. The first kappa shape index (κ1) is 16.6. The van der Waals surface area contributed by atoms with E-state index in [9.17, 15) is 23.7 Å². The zero-order valence-corrected chi connectivity index (χ0v) is 12.3. The second kappa shape index (κ2) is 6.17. The van der Waals surface area contributed by atoms with E-state index in [1.54, 1.807) is 0 Å². The van der Waals surface area contributed by atoms with E-state index < -0.39 is 33.8 Å². The first-order chi connectivity index (χ1) is 10.8. The van der Waals surface area contributed by atoms with Crippen molar-refractivity contribution in [2.75, 3.05) is 12.4 Å². The molecule has 0 aliphatic carbocycles. The highest BCUT2D eigenvalue weighted by atomic mass is 35.5. The van der Waals surface area contributed by atoms with Gasteiger partial charge >= 0.3 is 5.97 Å². The third kappa shape index (κ3) is 2.93. The van der Waals surface area contributed by atoms with Crippen LogP contribution in [0.3, 0.4) is 0 Å². The van der Waals surface area contributed by atoms with Gasteiger partial charge in [-0.2, -0.15) is 0 Å². The van der Waals surface area contributed by atoms with E-state index in [2.05, 4.69) is 5.32 Å². The second-order valence-corrected chi connectivity index (χ2v) is 4.86. The minimum absolute atomic E-state index is 0.00412. The van der Waals surface area contributed by atoms with E-state index >= 15 is 0 Å². The van der Waals surface area contributed by atoms with Crippen LogP contribution in [0.5, 0.6) is 0 Å². The molecule has 2 rings (SSSR count). The number of carboxylic acid groups (broad SMARTS) is 1. The Morgan fingerprint density at radius 2 is 2.00 bits per heavy atom. The summed E-state index contributed by atoms with van der Waals surface area (Å²) < 4.78 is 27.8. The number of nitro groups is 1. The van der Waals surface area contributed by atoms with Gasteiger partial charge in [0.05, 0.1) is 9.95 Å². The van der Waals surface area contributed by atoms with Crippen molar-refractivity contribution < 1.29 is 23.6 Å². The molecular weight excluding hydrogens is 334 g/mol. The fraction of sp³-hybridized carbons (Fsp3) is 0.0714. The zero-order valence-electron chi connectivity index (χ0n) is 11.6. The number of nitrogens with zero attached hydrogens (tertiary/aromatic N) is 1. The van der Waals surface area contributed by atoms with Crippen LogP contribution in [0, 0.1) is 21.7 Å². The van der Waals surface area contributed by atoms with Crippen molar-refractivity contribution in [3.05, 3.63) is 56.6 Å². The Hall–Kier alpha value is -2.74. The van der Waals surface area contributed by atoms with Gasteiger partial charge in [0.15, 0.2) is 0 Å². The van der Waals surface area contributed by atoms with Crippen LogP contribution in [-0.2, 0) is 0 Å². The average molecular weight is 343 g/mol. The molecule has 2 N–H and O–H groups in total. The van der Waals surface area contributed by atoms with Gasteiger partial charge in [0.2, 0.25) is 0 Å². The number of halogens is 3. The molecule has 0 bridgehead atoms. The lowest BCUT2D eigenvalue weighted by molar-refractivity contribution is -0.384. The first-order valence-electron chi connectivity index (χ1n) is 6.15. The maximum atomic E-state index is 14.6. The van der Waals surface area contributed by atoms with Crippen molar-refractivity contribution in [3.8, 4) is 11.1 Å². The number of carbonyl (C=O) groups is 1. The summed E-state index contributed by atoms with van der Waals surface area (Å²) in [5.41, 5.74) is -2.10. The van der Waals surface area contributed by atoms with E-state index in [0.29, 0.717) is 6.07 Å². The summed E-state index contributed by atoms with van der Waals surface area (Å²) in [6.45, 7) is 0. The smallest absolute Gasteiger partial charge is 0.338 e. The lowest BCUT2D eigenvalue weighted by Gasteiger charge is -2.13. The molecule has 9 heteroatoms. The minimum Gasteiger partial charge on any atom is -0.478 e. The zero-order chi connectivity index (χ0) is 17.3. The van der Waals surface area contributed by atoms with Gasteiger partial charge in [-0.15, -0.1) is 0 Å². The van der Waals surface area contributed by atoms with Gasteiger partial charge in [0, 0.05) is 18.7 Å². The number of aromatic carboxylic acids is 1. The van der Waals surface area contributed by atoms with Crippen LogP contribution >= 0.6 is 11.6 Å². The van der Waals surface area contributed by atoms with Gasteiger partial charge in [0.1, 0.15) is 22.9 Å². The van der Waals surface area contributed by atoms with Crippen LogP contribution in [0.1, 0.15) is 10.4 Å². The molecule has 0 spiro atoms. The van der Waals surface area contributed by atoms with E-state index in [-0.39, 0.29) is 21.8 Å². The van der Waals surface area contributed by atoms with Crippen molar-refractivity contribution in [2.24, 2.45) is 0 Å². The molecule has 0 radical (unpaired) electrons. The molecule has 2 aromatic carbocycles. The van der Waals surface area contributed by atoms with Crippen LogP contribution in [0.2, 0.25) is 5.02 Å². The Bertz CT molecular complexity index is 827. The molecule has 0 amide bonds. The highest BCUT2D eigenvalue weighted by Crippen LogP contribution is 2.40. The number of rotatable bonds is 4. The summed E-state index contributed by atoms with van der Waals surface area (Å²) in [6, 6.07) is 3.79. The SMILES string of the molecule is CNc1c([N+](=O)[O-])cc(C(=O)O)c(F)c1-c1ccc(F)c(Cl)c1. The number of nitro benzene ring substituents is 1. The number of carboxylic acids is 1. The summed E-state index contributed by atoms with van der Waals surface area (Å²) >= 11 is 5.65. The van der Waals surface area contributed by atoms with Gasteiger partial charge in [0.25, 0.3) is 5.69 Å². The van der Waals surface area contributed by atoms with Crippen molar-refractivity contribution in [2.45, 2.75) is 0 Å². The van der Waals surface area contributed by atoms with Gasteiger partial charge in [-0.1, -0.05) is 17.7 Å². The van der Waals surface area contributed by atoms with Crippen LogP contribution in [0.4, 0.5) is 20.2 Å². The normalized spacial score (nSPS) is 10.4. The van der Waals surface area contributed by atoms with E-state index in [0.717, 1.165) is 18.2 Å². The maximum Gasteiger partial charge on any atom is 0.338 e. The predicted octanol–water partition coefficient (Wildman–Crippen LogP) is 3.93. The fourth-order valence-corrected chi connectivity index (χ4v) is 2.30. The van der Waals surface area contributed by atoms with Crippen LogP contribution in [0.15, 0.2) is 24.3 Å². The number of nitrogens with one attached hydrogen (secondary N) is 1. The molecule has 0 aromatic heterocycles. The van der Waals surface area contributed by atoms with Gasteiger partial charge in [-0.05, 0) is 17.7 Å². The molecule has 0 unspecified atom stereocenters. The predicted molar refractivity (Wildman–Crippen MR) is 80.0 cm³/mol. The monoisotopic (exact) mass is 342 g/mol. The summed E-state index contributed by atoms with van der Waals surface area (Å²) in [6.07, 6.45) is 0. The van der Waals surface area contributed by atoms with Gasteiger partial charge in [-0.25, -0.2) is 13.6 Å². The molecular formula is C14H9ClF2N2O4. The van der Waals surface area contributed by atoms with E-state index in [1.165, 1.54) is 7.05 Å². The summed E-state index contributed by atoms with van der Waals surface area (Å²) in [4.78, 5) is 21.4. The third-order valence-electron chi connectivity index (χ3n) is 3.13. The minimum atomic E-state index is -1.66. The summed E-state index contributed by atoms with van der Waals surface area (Å²) in [5, 5.41) is 22.3. The third-order valence-corrected chi connectivity index (χ3v) is 3.42. The number of hydrogen-bond donors (Lipinski definition) is 2. The maximum absolute atomic E-state index is 14.6. The average Bonchev–Trinajstić information content (AvgIpc) is 2.48. The standard InChI is InChI=1S/C14H9ClF2N2O4/c1-18-13-10(19(22)23)5-7(14(20)21)12(17)11(13)6-2-3-9(16)8(15)4-6/h2-5,18H,1H3,(H,20,21). The van der Waals surface area contributed by atoms with Crippen molar-refractivity contribution >= 4 is 28.9 Å². The van der Waals surface area contributed by atoms with Gasteiger partial charge in [-0.3, -0.25) is 10.1 Å². The first-order valence-corrected chi connectivity index (χ1v) is 6.53. The second-order valence-electron chi connectivity index (χ2n) is 4.45. The number of hydrogen-bond acceptors (Lipinski definition) is 4. The quantitative estimate of drug-likeness (QED) is 0.648. The van der Waals surface area contributed by atoms with Crippen molar-refractivity contribution in [1.82, 2.24) is 0 Å². The molecule has 120 valence electrons. The number of anilines is 1. The molecule has 0 atom stereocenters. The van der Waals surface area contributed by atoms with Crippen molar-refractivity contribution in [3.63, 3.8) is 0 Å². The van der Waals surface area contributed by atoms with Gasteiger partial charge < -0.3 is 10.4 Å². The lowest BCUT2D eigenvalue weighted by atomic mass is 9.98. The Balaban J connectivity index is 2.91. The van der Waals surface area contributed by atoms with Crippen LogP contribution in [0.25, 0.3) is 11.1 Å². The summed E-state index contributed by atoms with van der Waals surface area (Å²) in [7, 11) is 1.32. The molecule has 0 saturated carbocycles. The molecule has 0 fully saturated rings. The Morgan fingerprint density at radius 3 is 2.48 bits per heavy atom. The summed E-state index contributed by atoms with van der Waals surface area (Å²) in [5.74, 6) is -3.61. The molecule has 2 aromatic rings. The lowest BCUT2D eigenvalue weighted by Crippen LogP contribution is -2.08. The molecule has 0 heterocycles. The highest BCUT2D eigenvalue weighted by Gasteiger charge is 2.28. The van der Waals surface area contributed by atoms with E-state index in [4.69, 9.17) is 16.7 Å². The fourth-order valence-electron chi connectivity index (χ4n) is 2.12. The van der Waals surface area contributed by atoms with Crippen LogP contribution in [-0.4, -0.2) is 23.0 Å². The highest BCUT2D eigenvalue weighted by molar-refractivity contribution is 6.31. The molecule has 23 heavy (non-hydrogen) atoms. The largest absolute Gasteiger partial charge is 0.478 e. The molecule has 6 nitrogen and oxygen atoms in total. The topological polar surface area (TPSA) is 92.5 Å². The molecule has 0 aliphatic rings. The molecule has 0 aliphatic heterocycles. The van der Waals surface area contributed by atoms with E-state index in [1.807, 2.05) is 0 Å². The molecule has 0 saturated heterocycles.